The van der Waals surface area contributed by atoms with Gasteiger partial charge in [0.25, 0.3) is 0 Å². The Morgan fingerprint density at radius 2 is 2.11 bits per heavy atom. The summed E-state index contributed by atoms with van der Waals surface area (Å²) in [6.07, 6.45) is -0.560. The molecule has 3 N–H and O–H groups in total. The Morgan fingerprint density at radius 1 is 1.47 bits per heavy atom. The Labute approximate surface area is 113 Å². The molecule has 0 aromatic heterocycles. The van der Waals surface area contributed by atoms with Gasteiger partial charge in [-0.15, -0.1) is 0 Å². The van der Waals surface area contributed by atoms with Crippen molar-refractivity contribution >= 4 is 6.09 Å². The first-order chi connectivity index (χ1) is 8.69. The fourth-order valence-electron chi connectivity index (χ4n) is 1.55. The number of hydrogen-bond acceptors (Lipinski definition) is 3. The predicted octanol–water partition coefficient (Wildman–Crippen LogP) is 2.66. The van der Waals surface area contributed by atoms with Crippen molar-refractivity contribution in [1.82, 2.24) is 5.32 Å². The lowest BCUT2D eigenvalue weighted by molar-refractivity contribution is 0.0524. The molecule has 1 unspecified atom stereocenters. The van der Waals surface area contributed by atoms with Crippen molar-refractivity contribution in [2.75, 3.05) is 6.54 Å². The molecule has 0 spiro atoms. The van der Waals surface area contributed by atoms with Gasteiger partial charge in [-0.1, -0.05) is 12.1 Å². The van der Waals surface area contributed by atoms with Crippen molar-refractivity contribution in [3.63, 3.8) is 0 Å². The number of alkyl carbamates (subject to hydrolysis) is 1. The molecule has 1 aromatic carbocycles. The molecule has 1 amide bonds. The van der Waals surface area contributed by atoms with Crippen LogP contribution in [0.1, 0.15) is 37.9 Å². The summed E-state index contributed by atoms with van der Waals surface area (Å²) in [5.74, 6) is -0.363. The number of nitrogens with two attached hydrogens (primary N) is 1. The molecular formula is C14H21FN2O2. The van der Waals surface area contributed by atoms with Gasteiger partial charge in [0.15, 0.2) is 0 Å². The van der Waals surface area contributed by atoms with Crippen LogP contribution in [0.15, 0.2) is 18.2 Å². The molecule has 0 aliphatic rings. The standard InChI is InChI=1S/C14H21FN2O2/c1-9-5-6-10(11(15)7-9)12(16)8-17-13(18)19-14(2,3)4/h5-7,12H,8,16H2,1-4H3,(H,17,18). The van der Waals surface area contributed by atoms with Gasteiger partial charge in [-0.2, -0.15) is 0 Å². The largest absolute Gasteiger partial charge is 0.444 e. The molecular weight excluding hydrogens is 247 g/mol. The van der Waals surface area contributed by atoms with Gasteiger partial charge in [-0.05, 0) is 39.3 Å². The summed E-state index contributed by atoms with van der Waals surface area (Å²) in [5.41, 5.74) is 6.49. The molecule has 0 heterocycles. The molecule has 0 aliphatic heterocycles. The quantitative estimate of drug-likeness (QED) is 0.885. The van der Waals surface area contributed by atoms with Crippen LogP contribution >= 0.6 is 0 Å². The molecule has 0 saturated heterocycles. The van der Waals surface area contributed by atoms with Crippen LogP contribution in [0.25, 0.3) is 0 Å². The van der Waals surface area contributed by atoms with E-state index in [-0.39, 0.29) is 12.4 Å². The molecule has 19 heavy (non-hydrogen) atoms. The number of amides is 1. The van der Waals surface area contributed by atoms with Crippen LogP contribution in [0, 0.1) is 12.7 Å². The zero-order valence-electron chi connectivity index (χ0n) is 11.8. The van der Waals surface area contributed by atoms with E-state index in [1.807, 2.05) is 0 Å². The lowest BCUT2D eigenvalue weighted by atomic mass is 10.1. The highest BCUT2D eigenvalue weighted by Gasteiger charge is 2.17. The Kier molecular flexibility index (Phi) is 4.89. The fraction of sp³-hybridized carbons (Fsp3) is 0.500. The topological polar surface area (TPSA) is 64.3 Å². The minimum absolute atomic E-state index is 0.120. The first-order valence-corrected chi connectivity index (χ1v) is 6.17. The van der Waals surface area contributed by atoms with Crippen LogP contribution in [0.3, 0.4) is 0 Å². The molecule has 0 saturated carbocycles. The third-order valence-electron chi connectivity index (χ3n) is 2.42. The molecule has 0 aliphatic carbocycles. The Balaban J connectivity index is 2.56. The second-order valence-electron chi connectivity index (χ2n) is 5.51. The number of halogens is 1. The van der Waals surface area contributed by atoms with Crippen molar-refractivity contribution in [2.24, 2.45) is 5.73 Å². The number of ether oxygens (including phenoxy) is 1. The van der Waals surface area contributed by atoms with Gasteiger partial charge in [0.2, 0.25) is 0 Å². The number of rotatable bonds is 3. The second kappa shape index (κ2) is 6.02. The zero-order chi connectivity index (χ0) is 14.6. The Bertz CT molecular complexity index is 455. The Hall–Kier alpha value is -1.62. The monoisotopic (exact) mass is 268 g/mol. The summed E-state index contributed by atoms with van der Waals surface area (Å²) in [6.45, 7) is 7.23. The molecule has 106 valence electrons. The van der Waals surface area contributed by atoms with Crippen LogP contribution in [0.5, 0.6) is 0 Å². The molecule has 0 bridgehead atoms. The van der Waals surface area contributed by atoms with Gasteiger partial charge in [-0.25, -0.2) is 9.18 Å². The van der Waals surface area contributed by atoms with E-state index in [1.165, 1.54) is 6.07 Å². The maximum atomic E-state index is 13.7. The van der Waals surface area contributed by atoms with E-state index in [4.69, 9.17) is 10.5 Å². The van der Waals surface area contributed by atoms with Crippen LogP contribution in [-0.2, 0) is 4.74 Å². The minimum atomic E-state index is -0.604. The highest BCUT2D eigenvalue weighted by atomic mass is 19.1. The molecule has 5 heteroatoms. The highest BCUT2D eigenvalue weighted by Crippen LogP contribution is 2.16. The van der Waals surface area contributed by atoms with Gasteiger partial charge < -0.3 is 15.8 Å². The molecule has 0 fully saturated rings. The smallest absolute Gasteiger partial charge is 0.407 e. The van der Waals surface area contributed by atoms with Crippen LogP contribution < -0.4 is 11.1 Å². The summed E-state index contributed by atoms with van der Waals surface area (Å²) in [5, 5.41) is 2.53. The summed E-state index contributed by atoms with van der Waals surface area (Å²) in [4.78, 5) is 11.5. The number of carbonyl (C=O) groups is 1. The minimum Gasteiger partial charge on any atom is -0.444 e. The van der Waals surface area contributed by atoms with Crippen molar-refractivity contribution in [3.8, 4) is 0 Å². The van der Waals surface area contributed by atoms with Gasteiger partial charge in [0, 0.05) is 12.1 Å². The van der Waals surface area contributed by atoms with Gasteiger partial charge >= 0.3 is 6.09 Å². The SMILES string of the molecule is Cc1ccc(C(N)CNC(=O)OC(C)(C)C)c(F)c1. The Morgan fingerprint density at radius 3 is 2.63 bits per heavy atom. The maximum Gasteiger partial charge on any atom is 0.407 e. The first-order valence-electron chi connectivity index (χ1n) is 6.17. The second-order valence-corrected chi connectivity index (χ2v) is 5.51. The highest BCUT2D eigenvalue weighted by molar-refractivity contribution is 5.67. The summed E-state index contributed by atoms with van der Waals surface area (Å²) in [6, 6.07) is 4.23. The third kappa shape index (κ3) is 5.26. The van der Waals surface area contributed by atoms with E-state index in [0.717, 1.165) is 5.56 Å². The number of benzene rings is 1. The van der Waals surface area contributed by atoms with Crippen molar-refractivity contribution in [1.29, 1.82) is 0 Å². The van der Waals surface area contributed by atoms with E-state index in [2.05, 4.69) is 5.32 Å². The van der Waals surface area contributed by atoms with E-state index in [0.29, 0.717) is 5.56 Å². The summed E-state index contributed by atoms with van der Waals surface area (Å²) >= 11 is 0. The van der Waals surface area contributed by atoms with Gasteiger partial charge in [-0.3, -0.25) is 0 Å². The fourth-order valence-corrected chi connectivity index (χ4v) is 1.55. The molecule has 1 atom stereocenters. The normalized spacial score (nSPS) is 12.9. The lowest BCUT2D eigenvalue weighted by Crippen LogP contribution is -2.36. The van der Waals surface area contributed by atoms with Crippen molar-refractivity contribution in [2.45, 2.75) is 39.3 Å². The van der Waals surface area contributed by atoms with Crippen LogP contribution in [-0.4, -0.2) is 18.2 Å². The van der Waals surface area contributed by atoms with E-state index in [9.17, 15) is 9.18 Å². The number of hydrogen-bond donors (Lipinski definition) is 2. The van der Waals surface area contributed by atoms with Crippen LogP contribution in [0.4, 0.5) is 9.18 Å². The maximum absolute atomic E-state index is 13.7. The van der Waals surface area contributed by atoms with Crippen LogP contribution in [0.2, 0.25) is 0 Å². The number of nitrogens with one attached hydrogen (secondary N) is 1. The first kappa shape index (κ1) is 15.4. The number of aryl methyl sites for hydroxylation is 1. The van der Waals surface area contributed by atoms with Gasteiger partial charge in [0.1, 0.15) is 11.4 Å². The molecule has 1 aromatic rings. The molecule has 1 rings (SSSR count). The predicted molar refractivity (Wildman–Crippen MR) is 72.3 cm³/mol. The van der Waals surface area contributed by atoms with E-state index >= 15 is 0 Å². The average molecular weight is 268 g/mol. The van der Waals surface area contributed by atoms with Gasteiger partial charge in [0.05, 0.1) is 6.04 Å². The molecule has 0 radical (unpaired) electrons. The van der Waals surface area contributed by atoms with Crippen molar-refractivity contribution in [3.05, 3.63) is 35.1 Å². The number of carbonyl (C=O) groups excluding carboxylic acids is 1. The third-order valence-corrected chi connectivity index (χ3v) is 2.42. The lowest BCUT2D eigenvalue weighted by Gasteiger charge is -2.21. The summed E-state index contributed by atoms with van der Waals surface area (Å²) in [7, 11) is 0. The van der Waals surface area contributed by atoms with Crippen molar-refractivity contribution < 1.29 is 13.9 Å². The average Bonchev–Trinajstić information content (AvgIpc) is 2.23. The zero-order valence-corrected chi connectivity index (χ0v) is 11.8. The summed E-state index contributed by atoms with van der Waals surface area (Å²) < 4.78 is 18.7. The van der Waals surface area contributed by atoms with E-state index < -0.39 is 17.7 Å². The van der Waals surface area contributed by atoms with E-state index in [1.54, 1.807) is 39.8 Å². The molecule has 4 nitrogen and oxygen atoms in total.